The van der Waals surface area contributed by atoms with Gasteiger partial charge in [0.05, 0.1) is 0 Å². The fourth-order valence-corrected chi connectivity index (χ4v) is 2.56. The van der Waals surface area contributed by atoms with Crippen LogP contribution in [0.1, 0.15) is 29.7 Å². The maximum absolute atomic E-state index is 12.8. The molecule has 1 N–H and O–H groups in total. The van der Waals surface area contributed by atoms with Crippen LogP contribution in [0.2, 0.25) is 0 Å². The zero-order valence-electron chi connectivity index (χ0n) is 15.2. The molecule has 2 aromatic rings. The van der Waals surface area contributed by atoms with Gasteiger partial charge in [-0.15, -0.1) is 0 Å². The number of benzene rings is 2. The Morgan fingerprint density at radius 3 is 2.27 bits per heavy atom. The summed E-state index contributed by atoms with van der Waals surface area (Å²) in [5.74, 6) is -0.971. The third-order valence-electron chi connectivity index (χ3n) is 3.60. The molecule has 0 spiro atoms. The molecule has 134 valence electrons. The summed E-state index contributed by atoms with van der Waals surface area (Å²) in [7, 11) is 0. The van der Waals surface area contributed by atoms with Gasteiger partial charge >= 0.3 is 5.97 Å². The second-order valence-corrected chi connectivity index (χ2v) is 5.98. The van der Waals surface area contributed by atoms with Crippen molar-refractivity contribution in [2.75, 3.05) is 5.32 Å². The molecule has 0 saturated carbocycles. The largest absolute Gasteiger partial charge is 0.444 e. The molecule has 0 saturated heterocycles. The summed E-state index contributed by atoms with van der Waals surface area (Å²) >= 11 is 0. The molecule has 0 radical (unpaired) electrons. The average Bonchev–Trinajstić information content (AvgIpc) is 2.59. The van der Waals surface area contributed by atoms with Crippen LogP contribution < -0.4 is 5.32 Å². The molecule has 1 atom stereocenters. The van der Waals surface area contributed by atoms with Gasteiger partial charge in [-0.05, 0) is 44.0 Å². The van der Waals surface area contributed by atoms with Crippen molar-refractivity contribution in [3.8, 4) is 0 Å². The van der Waals surface area contributed by atoms with E-state index in [1.165, 1.54) is 6.08 Å². The molecule has 26 heavy (non-hydrogen) atoms. The number of carbonyl (C=O) groups is 2. The standard InChI is InChI=1S/C22H23NO3/c1-4-5-7-12-20(24)26-21(18-10-8-6-9-11-18)22(25)23-19-14-16(2)13-17(3)15-19/h4-15,21H,1-3H3,(H,23,25)/b5-4+,12-7+/t21-/m1/s1. The smallest absolute Gasteiger partial charge is 0.331 e. The minimum absolute atomic E-state index is 0.394. The monoisotopic (exact) mass is 349 g/mol. The van der Waals surface area contributed by atoms with Gasteiger partial charge in [0.2, 0.25) is 6.10 Å². The fourth-order valence-electron chi connectivity index (χ4n) is 2.56. The molecule has 0 aliphatic rings. The Kier molecular flexibility index (Phi) is 6.92. The number of hydrogen-bond donors (Lipinski definition) is 1. The van der Waals surface area contributed by atoms with Crippen molar-refractivity contribution in [1.82, 2.24) is 0 Å². The van der Waals surface area contributed by atoms with Gasteiger partial charge in [-0.25, -0.2) is 4.79 Å². The Balaban J connectivity index is 2.22. The van der Waals surface area contributed by atoms with Gasteiger partial charge in [0.1, 0.15) is 0 Å². The molecule has 4 nitrogen and oxygen atoms in total. The highest BCUT2D eigenvalue weighted by atomic mass is 16.5. The van der Waals surface area contributed by atoms with Crippen molar-refractivity contribution < 1.29 is 14.3 Å². The molecule has 1 amide bonds. The van der Waals surface area contributed by atoms with E-state index in [1.807, 2.05) is 45.0 Å². The highest BCUT2D eigenvalue weighted by Gasteiger charge is 2.24. The van der Waals surface area contributed by atoms with E-state index in [9.17, 15) is 9.59 Å². The van der Waals surface area contributed by atoms with Crippen LogP contribution in [0.3, 0.4) is 0 Å². The Morgan fingerprint density at radius 2 is 1.65 bits per heavy atom. The maximum atomic E-state index is 12.8. The predicted molar refractivity (Wildman–Crippen MR) is 104 cm³/mol. The van der Waals surface area contributed by atoms with Gasteiger partial charge < -0.3 is 10.1 Å². The number of aryl methyl sites for hydroxylation is 2. The van der Waals surface area contributed by atoms with Gasteiger partial charge in [0, 0.05) is 17.3 Å². The van der Waals surface area contributed by atoms with Crippen molar-refractivity contribution >= 4 is 17.6 Å². The summed E-state index contributed by atoms with van der Waals surface area (Å²) in [4.78, 5) is 24.8. The molecule has 4 heteroatoms. The van der Waals surface area contributed by atoms with Gasteiger partial charge in [-0.2, -0.15) is 0 Å². The fraction of sp³-hybridized carbons (Fsp3) is 0.182. The Bertz CT molecular complexity index is 802. The zero-order chi connectivity index (χ0) is 18.9. The number of nitrogens with one attached hydrogen (secondary N) is 1. The summed E-state index contributed by atoms with van der Waals surface area (Å²) in [5.41, 5.74) is 3.38. The van der Waals surface area contributed by atoms with E-state index < -0.39 is 18.0 Å². The first-order valence-corrected chi connectivity index (χ1v) is 8.43. The predicted octanol–water partition coefficient (Wildman–Crippen LogP) is 4.66. The Hall–Kier alpha value is -3.14. The first-order valence-electron chi connectivity index (χ1n) is 8.43. The average molecular weight is 349 g/mol. The number of anilines is 1. The highest BCUT2D eigenvalue weighted by Crippen LogP contribution is 2.21. The Morgan fingerprint density at radius 1 is 1.00 bits per heavy atom. The number of rotatable bonds is 6. The molecular formula is C22H23NO3. The maximum Gasteiger partial charge on any atom is 0.331 e. The number of hydrogen-bond acceptors (Lipinski definition) is 3. The van der Waals surface area contributed by atoms with Crippen LogP contribution in [0.25, 0.3) is 0 Å². The summed E-state index contributed by atoms with van der Waals surface area (Å²) in [5, 5.41) is 2.84. The number of amides is 1. The van der Waals surface area contributed by atoms with Crippen molar-refractivity contribution in [1.29, 1.82) is 0 Å². The second-order valence-electron chi connectivity index (χ2n) is 5.98. The summed E-state index contributed by atoms with van der Waals surface area (Å²) in [6.45, 7) is 5.77. The van der Waals surface area contributed by atoms with E-state index in [0.717, 1.165) is 11.1 Å². The van der Waals surface area contributed by atoms with Crippen LogP contribution in [0.5, 0.6) is 0 Å². The van der Waals surface area contributed by atoms with Crippen molar-refractivity contribution in [2.45, 2.75) is 26.9 Å². The van der Waals surface area contributed by atoms with Crippen molar-refractivity contribution in [2.24, 2.45) is 0 Å². The first-order chi connectivity index (χ1) is 12.5. The lowest BCUT2D eigenvalue weighted by molar-refractivity contribution is -0.149. The lowest BCUT2D eigenvalue weighted by Gasteiger charge is -2.17. The molecule has 0 aliphatic heterocycles. The SMILES string of the molecule is C/C=C/C=C/C(=O)O[C@@H](C(=O)Nc1cc(C)cc(C)c1)c1ccccc1. The molecule has 2 aromatic carbocycles. The van der Waals surface area contributed by atoms with Gasteiger partial charge in [0.15, 0.2) is 0 Å². The molecular weight excluding hydrogens is 326 g/mol. The van der Waals surface area contributed by atoms with Crippen LogP contribution in [0.15, 0.2) is 72.8 Å². The molecule has 0 aromatic heterocycles. The number of allylic oxidation sites excluding steroid dienone is 3. The molecule has 0 unspecified atom stereocenters. The molecule has 0 bridgehead atoms. The van der Waals surface area contributed by atoms with Crippen LogP contribution >= 0.6 is 0 Å². The number of esters is 1. The topological polar surface area (TPSA) is 55.4 Å². The molecule has 0 aliphatic carbocycles. The second kappa shape index (κ2) is 9.37. The number of carbonyl (C=O) groups excluding carboxylic acids is 2. The summed E-state index contributed by atoms with van der Waals surface area (Å²) < 4.78 is 5.41. The van der Waals surface area contributed by atoms with Gasteiger partial charge in [0.25, 0.3) is 5.91 Å². The third kappa shape index (κ3) is 5.74. The summed E-state index contributed by atoms with van der Waals surface area (Å²) in [6.07, 6.45) is 5.35. The van der Waals surface area contributed by atoms with Crippen LogP contribution in [-0.2, 0) is 14.3 Å². The quantitative estimate of drug-likeness (QED) is 0.469. The lowest BCUT2D eigenvalue weighted by atomic mass is 10.1. The first kappa shape index (κ1) is 19.2. The summed E-state index contributed by atoms with van der Waals surface area (Å²) in [6, 6.07) is 14.7. The van der Waals surface area contributed by atoms with E-state index in [4.69, 9.17) is 4.74 Å². The van der Waals surface area contributed by atoms with Crippen molar-refractivity contribution in [3.05, 3.63) is 89.5 Å². The van der Waals surface area contributed by atoms with E-state index in [0.29, 0.717) is 11.3 Å². The van der Waals surface area contributed by atoms with E-state index in [2.05, 4.69) is 5.32 Å². The van der Waals surface area contributed by atoms with Crippen molar-refractivity contribution in [3.63, 3.8) is 0 Å². The van der Waals surface area contributed by atoms with Crippen LogP contribution in [0, 0.1) is 13.8 Å². The molecule has 0 fully saturated rings. The normalized spacial score (nSPS) is 12.3. The highest BCUT2D eigenvalue weighted by molar-refractivity contribution is 5.97. The minimum Gasteiger partial charge on any atom is -0.444 e. The number of ether oxygens (including phenoxy) is 1. The van der Waals surface area contributed by atoms with Gasteiger partial charge in [-0.3, -0.25) is 4.79 Å². The Labute approximate surface area is 154 Å². The molecule has 2 rings (SSSR count). The minimum atomic E-state index is -1.03. The van der Waals surface area contributed by atoms with E-state index >= 15 is 0 Å². The van der Waals surface area contributed by atoms with E-state index in [-0.39, 0.29) is 0 Å². The van der Waals surface area contributed by atoms with E-state index in [1.54, 1.807) is 42.5 Å². The van der Waals surface area contributed by atoms with Gasteiger partial charge in [-0.1, -0.05) is 54.6 Å². The van der Waals surface area contributed by atoms with Crippen LogP contribution in [0.4, 0.5) is 5.69 Å². The van der Waals surface area contributed by atoms with Crippen LogP contribution in [-0.4, -0.2) is 11.9 Å². The molecule has 0 heterocycles. The zero-order valence-corrected chi connectivity index (χ0v) is 15.2. The third-order valence-corrected chi connectivity index (χ3v) is 3.60. The lowest BCUT2D eigenvalue weighted by Crippen LogP contribution is -2.25.